The molecule has 0 spiro atoms. The van der Waals surface area contributed by atoms with Crippen LogP contribution in [0.3, 0.4) is 0 Å². The predicted molar refractivity (Wildman–Crippen MR) is 60.7 cm³/mol. The van der Waals surface area contributed by atoms with Gasteiger partial charge in [-0.1, -0.05) is 0 Å². The molecule has 0 aliphatic carbocycles. The lowest BCUT2D eigenvalue weighted by atomic mass is 10.2. The zero-order valence-corrected chi connectivity index (χ0v) is 10.3. The van der Waals surface area contributed by atoms with Crippen LogP contribution in [0, 0.1) is 17.0 Å². The minimum absolute atomic E-state index is 0.139. The van der Waals surface area contributed by atoms with Crippen LogP contribution < -0.4 is 5.73 Å². The molecule has 0 fully saturated rings. The Balaban J connectivity index is 0.000000423. The largest absolute Gasteiger partial charge is 0.384 e. The summed E-state index contributed by atoms with van der Waals surface area (Å²) >= 11 is -0.139. The van der Waals surface area contributed by atoms with Gasteiger partial charge >= 0.3 is 0 Å². The lowest BCUT2D eigenvalue weighted by molar-refractivity contribution is 0.508. The second-order valence-electron chi connectivity index (χ2n) is 3.77. The van der Waals surface area contributed by atoms with Crippen molar-refractivity contribution in [2.24, 2.45) is 5.73 Å². The molecule has 0 saturated carbocycles. The Bertz CT molecular complexity index is 337. The van der Waals surface area contributed by atoms with Gasteiger partial charge in [0.2, 0.25) is 0 Å². The van der Waals surface area contributed by atoms with Crippen LogP contribution in [-0.4, -0.2) is 20.0 Å². The number of nitrogens with one attached hydrogen (secondary N) is 1. The standard InChI is InChI=1S/C7H6F2N2.3CH3.Al/c8-5-2-1-4(7(10)11)3-6(5)9;;;;/h1-3H,(H3,10,11);3*1H3;. The molecule has 0 saturated heterocycles. The molecule has 15 heavy (non-hydrogen) atoms. The number of rotatable bonds is 1. The Hall–Kier alpha value is -0.918. The van der Waals surface area contributed by atoms with E-state index in [1.165, 1.54) is 6.07 Å². The van der Waals surface area contributed by atoms with Crippen LogP contribution in [0.25, 0.3) is 0 Å². The molecule has 0 aromatic heterocycles. The highest BCUT2D eigenvalue weighted by atomic mass is 27.2. The van der Waals surface area contributed by atoms with E-state index in [-0.39, 0.29) is 25.5 Å². The van der Waals surface area contributed by atoms with Crippen LogP contribution in [0.5, 0.6) is 0 Å². The maximum atomic E-state index is 12.4. The quantitative estimate of drug-likeness (QED) is 0.433. The molecule has 3 N–H and O–H groups in total. The van der Waals surface area contributed by atoms with Crippen LogP contribution in [0.4, 0.5) is 8.78 Å². The summed E-state index contributed by atoms with van der Waals surface area (Å²) in [5, 5.41) is 6.89. The van der Waals surface area contributed by atoms with E-state index in [4.69, 9.17) is 11.1 Å². The van der Waals surface area contributed by atoms with E-state index in [0.717, 1.165) is 12.1 Å². The van der Waals surface area contributed by atoms with Gasteiger partial charge in [-0.05, 0) is 18.2 Å². The summed E-state index contributed by atoms with van der Waals surface area (Å²) in [6, 6.07) is 3.07. The van der Waals surface area contributed by atoms with E-state index < -0.39 is 11.6 Å². The highest BCUT2D eigenvalue weighted by Gasteiger charge is 2.03. The maximum absolute atomic E-state index is 12.4. The minimum atomic E-state index is -0.988. The molecule has 1 aromatic rings. The van der Waals surface area contributed by atoms with Crippen molar-refractivity contribution < 1.29 is 8.78 Å². The summed E-state index contributed by atoms with van der Waals surface area (Å²) in [5.74, 6) is 4.72. The molecule has 1 aromatic carbocycles. The van der Waals surface area contributed by atoms with E-state index >= 15 is 0 Å². The number of nitrogen functional groups attached to an aromatic ring is 1. The summed E-state index contributed by atoms with van der Waals surface area (Å²) in [6.45, 7) is 0. The SMILES string of the molecule is N=C(N)c1ccc(F)c(F)c1.[CH3][Al]([CH3])[CH3]. The molecule has 0 bridgehead atoms. The summed E-state index contributed by atoms with van der Waals surface area (Å²) in [6.07, 6.45) is 0. The van der Waals surface area contributed by atoms with Crippen molar-refractivity contribution in [1.82, 2.24) is 0 Å². The summed E-state index contributed by atoms with van der Waals surface area (Å²) in [4.78, 5) is 0. The topological polar surface area (TPSA) is 49.9 Å². The first-order valence-corrected chi connectivity index (χ1v) is 8.10. The summed E-state index contributed by atoms with van der Waals surface area (Å²) in [5.41, 5.74) is 5.21. The van der Waals surface area contributed by atoms with Crippen molar-refractivity contribution in [3.8, 4) is 0 Å². The third kappa shape index (κ3) is 6.21. The van der Waals surface area contributed by atoms with Gasteiger partial charge in [-0.15, -0.1) is 17.4 Å². The van der Waals surface area contributed by atoms with Gasteiger partial charge in [-0.3, -0.25) is 5.41 Å². The smallest absolute Gasteiger partial charge is 0.251 e. The van der Waals surface area contributed by atoms with Crippen molar-refractivity contribution in [3.63, 3.8) is 0 Å². The van der Waals surface area contributed by atoms with Crippen molar-refractivity contribution in [2.75, 3.05) is 0 Å². The number of benzene rings is 1. The molecule has 0 amide bonds. The van der Waals surface area contributed by atoms with Gasteiger partial charge in [0.25, 0.3) is 14.1 Å². The minimum Gasteiger partial charge on any atom is -0.384 e. The third-order valence-electron chi connectivity index (χ3n) is 1.23. The molecular formula is C10H15AlF2N2. The van der Waals surface area contributed by atoms with E-state index in [1.807, 2.05) is 0 Å². The molecule has 0 aliphatic rings. The fourth-order valence-electron chi connectivity index (χ4n) is 0.664. The second-order valence-corrected chi connectivity index (χ2v) is 7.24. The third-order valence-corrected chi connectivity index (χ3v) is 1.23. The van der Waals surface area contributed by atoms with Crippen molar-refractivity contribution in [3.05, 3.63) is 35.4 Å². The molecule has 5 heteroatoms. The van der Waals surface area contributed by atoms with E-state index in [2.05, 4.69) is 17.4 Å². The highest BCUT2D eigenvalue weighted by Crippen LogP contribution is 2.07. The Morgan fingerprint density at radius 1 is 1.20 bits per heavy atom. The molecule has 2 nitrogen and oxygen atoms in total. The van der Waals surface area contributed by atoms with Crippen molar-refractivity contribution >= 4 is 20.0 Å². The molecular weight excluding hydrogens is 213 g/mol. The van der Waals surface area contributed by atoms with Gasteiger partial charge in [0, 0.05) is 5.56 Å². The summed E-state index contributed by atoms with van der Waals surface area (Å²) < 4.78 is 24.7. The monoisotopic (exact) mass is 228 g/mol. The fraction of sp³-hybridized carbons (Fsp3) is 0.300. The molecule has 0 atom stereocenters. The Kier molecular flexibility index (Phi) is 6.14. The van der Waals surface area contributed by atoms with Crippen LogP contribution in [0.1, 0.15) is 5.56 Å². The Labute approximate surface area is 93.0 Å². The molecule has 0 unspecified atom stereocenters. The van der Waals surface area contributed by atoms with E-state index in [0.29, 0.717) is 0 Å². The van der Waals surface area contributed by atoms with Gasteiger partial charge in [0.1, 0.15) is 5.84 Å². The highest BCUT2D eigenvalue weighted by molar-refractivity contribution is 6.54. The first kappa shape index (κ1) is 14.1. The fourth-order valence-corrected chi connectivity index (χ4v) is 0.664. The van der Waals surface area contributed by atoms with Gasteiger partial charge < -0.3 is 5.73 Å². The van der Waals surface area contributed by atoms with Gasteiger partial charge in [0.05, 0.1) is 0 Å². The van der Waals surface area contributed by atoms with Crippen LogP contribution >= 0.6 is 0 Å². The number of hydrogen-bond acceptors (Lipinski definition) is 1. The number of halogens is 2. The van der Waals surface area contributed by atoms with Crippen LogP contribution in [0.15, 0.2) is 18.2 Å². The zero-order chi connectivity index (χ0) is 12.0. The molecule has 0 radical (unpaired) electrons. The predicted octanol–water partition coefficient (Wildman–Crippen LogP) is 2.62. The summed E-state index contributed by atoms with van der Waals surface area (Å²) in [7, 11) is 0. The van der Waals surface area contributed by atoms with Gasteiger partial charge in [-0.2, -0.15) is 0 Å². The number of amidine groups is 1. The second kappa shape index (κ2) is 6.54. The van der Waals surface area contributed by atoms with Crippen molar-refractivity contribution in [1.29, 1.82) is 5.41 Å². The Morgan fingerprint density at radius 3 is 2.00 bits per heavy atom. The molecule has 0 heterocycles. The zero-order valence-electron chi connectivity index (χ0n) is 9.14. The normalized spacial score (nSPS) is 8.87. The van der Waals surface area contributed by atoms with Gasteiger partial charge in [-0.25, -0.2) is 8.78 Å². The molecule has 1 rings (SSSR count). The van der Waals surface area contributed by atoms with Crippen LogP contribution in [0.2, 0.25) is 17.4 Å². The first-order chi connectivity index (χ1) is 6.84. The lowest BCUT2D eigenvalue weighted by Gasteiger charge is -1.97. The first-order valence-electron chi connectivity index (χ1n) is 4.64. The van der Waals surface area contributed by atoms with E-state index in [9.17, 15) is 8.78 Å². The molecule has 82 valence electrons. The Morgan fingerprint density at radius 2 is 1.67 bits per heavy atom. The average Bonchev–Trinajstić information content (AvgIpc) is 2.08. The van der Waals surface area contributed by atoms with E-state index in [1.54, 1.807) is 0 Å². The van der Waals surface area contributed by atoms with Crippen molar-refractivity contribution in [2.45, 2.75) is 17.4 Å². The maximum Gasteiger partial charge on any atom is 0.251 e. The lowest BCUT2D eigenvalue weighted by Crippen LogP contribution is -2.11. The van der Waals surface area contributed by atoms with Crippen LogP contribution in [-0.2, 0) is 0 Å². The average molecular weight is 228 g/mol. The molecule has 0 aliphatic heterocycles. The number of hydrogen-bond donors (Lipinski definition) is 2. The number of nitrogens with two attached hydrogens (primary N) is 1. The van der Waals surface area contributed by atoms with Gasteiger partial charge in [0.15, 0.2) is 11.6 Å².